The average molecular weight is 339 g/mol. The number of hydrogen-bond acceptors (Lipinski definition) is 4. The molecule has 23 heavy (non-hydrogen) atoms. The Kier molecular flexibility index (Phi) is 6.11. The van der Waals surface area contributed by atoms with Crippen molar-refractivity contribution in [1.82, 2.24) is 4.90 Å². The lowest BCUT2D eigenvalue weighted by Crippen LogP contribution is -2.36. The lowest BCUT2D eigenvalue weighted by atomic mass is 10.3. The molecule has 0 radical (unpaired) electrons. The summed E-state index contributed by atoms with van der Waals surface area (Å²) in [6.45, 7) is 5.99. The summed E-state index contributed by atoms with van der Waals surface area (Å²) < 4.78 is 28.4. The van der Waals surface area contributed by atoms with Crippen molar-refractivity contribution < 1.29 is 18.1 Å². The maximum atomic E-state index is 12.4. The molecule has 1 aromatic rings. The minimum atomic E-state index is -4.09. The zero-order valence-corrected chi connectivity index (χ0v) is 13.8. The Labute approximate surface area is 134 Å². The van der Waals surface area contributed by atoms with Crippen molar-refractivity contribution in [3.05, 3.63) is 39.9 Å². The molecule has 0 saturated heterocycles. The maximum Gasteiger partial charge on any atom is 0.331 e. The van der Waals surface area contributed by atoms with Gasteiger partial charge in [0.25, 0.3) is 15.7 Å². The van der Waals surface area contributed by atoms with Crippen LogP contribution in [0.2, 0.25) is 0 Å². The van der Waals surface area contributed by atoms with Crippen molar-refractivity contribution in [2.75, 3.05) is 13.1 Å². The fraction of sp³-hybridized carbons (Fsp3) is 0.385. The second-order valence-corrected chi connectivity index (χ2v) is 6.10. The molecule has 0 bridgehead atoms. The molecule has 9 nitrogen and oxygen atoms in total. The Hall–Kier alpha value is -2.58. The van der Waals surface area contributed by atoms with E-state index in [9.17, 15) is 18.5 Å². The molecule has 124 valence electrons. The highest BCUT2D eigenvalue weighted by atomic mass is 32.2. The molecule has 0 aliphatic carbocycles. The maximum absolute atomic E-state index is 12.4. The van der Waals surface area contributed by atoms with Gasteiger partial charge in [-0.15, -0.1) is 4.40 Å². The minimum absolute atomic E-state index is 0.0239. The van der Waals surface area contributed by atoms with Crippen LogP contribution in [0.25, 0.3) is 5.53 Å². The van der Waals surface area contributed by atoms with Crippen molar-refractivity contribution in [3.8, 4) is 0 Å². The monoisotopic (exact) mass is 339 g/mol. The Bertz CT molecular complexity index is 760. The van der Waals surface area contributed by atoms with Gasteiger partial charge in [-0.05, 0) is 26.0 Å². The van der Waals surface area contributed by atoms with Gasteiger partial charge in [-0.2, -0.15) is 13.2 Å². The first kappa shape index (κ1) is 18.5. The Morgan fingerprint density at radius 1 is 1.30 bits per heavy atom. The van der Waals surface area contributed by atoms with Gasteiger partial charge < -0.3 is 10.4 Å². The smallest absolute Gasteiger partial charge is 0.331 e. The molecule has 0 aliphatic rings. The van der Waals surface area contributed by atoms with Crippen LogP contribution in [0.15, 0.2) is 33.6 Å². The average Bonchev–Trinajstić information content (AvgIpc) is 2.54. The third-order valence-corrected chi connectivity index (χ3v) is 4.37. The van der Waals surface area contributed by atoms with E-state index in [1.54, 1.807) is 4.90 Å². The highest BCUT2D eigenvalue weighted by Crippen LogP contribution is 2.18. The molecule has 1 rings (SSSR count). The topological polar surface area (TPSA) is 129 Å². The van der Waals surface area contributed by atoms with Gasteiger partial charge in [0, 0.05) is 32.1 Å². The molecular formula is C13H17N5O4S. The number of rotatable bonds is 6. The van der Waals surface area contributed by atoms with Crippen molar-refractivity contribution in [2.24, 2.45) is 4.40 Å². The highest BCUT2D eigenvalue weighted by molar-refractivity contribution is 7.90. The van der Waals surface area contributed by atoms with Gasteiger partial charge in [0.15, 0.2) is 0 Å². The van der Waals surface area contributed by atoms with Crippen LogP contribution in [0.4, 0.5) is 5.69 Å². The SMILES string of the molecule is CCN(CC)/C(=N\S(=O)(=O)c1ccc([N+](=O)[O-])cc1)C(C)=[N+]=[N-]. The van der Waals surface area contributed by atoms with Gasteiger partial charge in [-0.25, -0.2) is 0 Å². The Balaban J connectivity index is 3.38. The minimum Gasteiger partial charge on any atom is -0.361 e. The molecular weight excluding hydrogens is 322 g/mol. The van der Waals surface area contributed by atoms with Crippen molar-refractivity contribution in [3.63, 3.8) is 0 Å². The normalized spacial score (nSPS) is 11.7. The van der Waals surface area contributed by atoms with E-state index in [0.29, 0.717) is 13.1 Å². The van der Waals surface area contributed by atoms with E-state index < -0.39 is 14.9 Å². The Morgan fingerprint density at radius 3 is 2.22 bits per heavy atom. The number of non-ortho nitro benzene ring substituents is 1. The van der Waals surface area contributed by atoms with Crippen LogP contribution >= 0.6 is 0 Å². The molecule has 0 spiro atoms. The zero-order chi connectivity index (χ0) is 17.6. The standard InChI is InChI=1S/C13H17N5O4S/c1-4-17(5-2)13(10(3)15-14)16-23(21,22)12-8-6-11(7-9-12)18(19)20/h6-9H,4-5H2,1-3H3/b16-13-. The summed E-state index contributed by atoms with van der Waals surface area (Å²) in [6.07, 6.45) is 0. The van der Waals surface area contributed by atoms with E-state index in [2.05, 4.69) is 9.19 Å². The molecule has 10 heteroatoms. The Morgan fingerprint density at radius 2 is 1.83 bits per heavy atom. The summed E-state index contributed by atoms with van der Waals surface area (Å²) in [5.41, 5.74) is 8.76. The fourth-order valence-electron chi connectivity index (χ4n) is 1.83. The summed E-state index contributed by atoms with van der Waals surface area (Å²) in [5, 5.41) is 10.6. The first-order valence-corrected chi connectivity index (χ1v) is 8.24. The molecule has 0 atom stereocenters. The van der Waals surface area contributed by atoms with Gasteiger partial charge in [0.05, 0.1) is 9.82 Å². The number of benzene rings is 1. The predicted molar refractivity (Wildman–Crippen MR) is 84.9 cm³/mol. The third-order valence-electron chi connectivity index (χ3n) is 3.09. The first-order chi connectivity index (χ1) is 10.8. The number of sulfonamides is 1. The van der Waals surface area contributed by atoms with E-state index in [1.807, 2.05) is 13.8 Å². The molecule has 0 aliphatic heterocycles. The second-order valence-electron chi connectivity index (χ2n) is 4.50. The van der Waals surface area contributed by atoms with E-state index in [1.165, 1.54) is 6.92 Å². The lowest BCUT2D eigenvalue weighted by molar-refractivity contribution is -0.384. The quantitative estimate of drug-likeness (QED) is 0.194. The molecule has 0 N–H and O–H groups in total. The number of nitro benzene ring substituents is 1. The van der Waals surface area contributed by atoms with Crippen molar-refractivity contribution in [1.29, 1.82) is 0 Å². The molecule has 0 unspecified atom stereocenters. The summed E-state index contributed by atoms with van der Waals surface area (Å²) in [6, 6.07) is 4.41. The van der Waals surface area contributed by atoms with E-state index >= 15 is 0 Å². The molecule has 1 aromatic carbocycles. The van der Waals surface area contributed by atoms with Gasteiger partial charge in [0.2, 0.25) is 5.84 Å². The van der Waals surface area contributed by atoms with Crippen LogP contribution < -0.4 is 0 Å². The molecule has 0 fully saturated rings. The van der Waals surface area contributed by atoms with Gasteiger partial charge in [-0.3, -0.25) is 10.1 Å². The predicted octanol–water partition coefficient (Wildman–Crippen LogP) is 1.71. The number of nitro groups is 1. The second kappa shape index (κ2) is 7.61. The van der Waals surface area contributed by atoms with Gasteiger partial charge in [0.1, 0.15) is 0 Å². The molecule has 0 amide bonds. The summed E-state index contributed by atoms with van der Waals surface area (Å²) in [4.78, 5) is 14.4. The number of hydrogen-bond donors (Lipinski definition) is 0. The highest BCUT2D eigenvalue weighted by Gasteiger charge is 2.23. The summed E-state index contributed by atoms with van der Waals surface area (Å²) >= 11 is 0. The van der Waals surface area contributed by atoms with E-state index in [-0.39, 0.29) is 22.1 Å². The first-order valence-electron chi connectivity index (χ1n) is 6.80. The van der Waals surface area contributed by atoms with E-state index in [0.717, 1.165) is 24.3 Å². The van der Waals surface area contributed by atoms with Crippen LogP contribution in [-0.4, -0.2) is 47.7 Å². The number of nitrogens with zero attached hydrogens (tertiary/aromatic N) is 5. The number of amidine groups is 1. The largest absolute Gasteiger partial charge is 0.361 e. The van der Waals surface area contributed by atoms with E-state index in [4.69, 9.17) is 5.53 Å². The molecule has 0 saturated carbocycles. The molecule has 0 heterocycles. The molecule has 0 aromatic heterocycles. The van der Waals surface area contributed by atoms with Gasteiger partial charge in [-0.1, -0.05) is 0 Å². The van der Waals surface area contributed by atoms with Crippen molar-refractivity contribution >= 4 is 27.3 Å². The fourth-order valence-corrected chi connectivity index (χ4v) is 2.89. The van der Waals surface area contributed by atoms with Crippen LogP contribution in [0.3, 0.4) is 0 Å². The van der Waals surface area contributed by atoms with Crippen LogP contribution in [0.1, 0.15) is 20.8 Å². The van der Waals surface area contributed by atoms with Crippen LogP contribution in [0, 0.1) is 10.1 Å². The lowest BCUT2D eigenvalue weighted by Gasteiger charge is -2.19. The van der Waals surface area contributed by atoms with Crippen LogP contribution in [0.5, 0.6) is 0 Å². The van der Waals surface area contributed by atoms with Gasteiger partial charge >= 0.3 is 5.71 Å². The van der Waals surface area contributed by atoms with Crippen molar-refractivity contribution in [2.45, 2.75) is 25.7 Å². The third kappa shape index (κ3) is 4.44. The summed E-state index contributed by atoms with van der Waals surface area (Å²) in [5.74, 6) is 0.0239. The summed E-state index contributed by atoms with van der Waals surface area (Å²) in [7, 11) is -4.09. The zero-order valence-electron chi connectivity index (χ0n) is 13.0. The van der Waals surface area contributed by atoms with Crippen LogP contribution in [-0.2, 0) is 10.0 Å².